The Morgan fingerprint density at radius 3 is 2.16 bits per heavy atom. The lowest BCUT2D eigenvalue weighted by molar-refractivity contribution is 0.102. The number of methoxy groups -OCH3 is 1. The second-order valence-electron chi connectivity index (χ2n) is 5.03. The van der Waals surface area contributed by atoms with Crippen molar-refractivity contribution in [2.45, 2.75) is 6.92 Å². The first-order chi connectivity index (χ1) is 12.1. The summed E-state index contributed by atoms with van der Waals surface area (Å²) in [6, 6.07) is 11.5. The Morgan fingerprint density at radius 2 is 1.60 bits per heavy atom. The van der Waals surface area contributed by atoms with Gasteiger partial charge in [0, 0.05) is 24.0 Å². The Bertz CT molecular complexity index is 744. The van der Waals surface area contributed by atoms with Crippen LogP contribution in [0.25, 0.3) is 0 Å². The third-order valence-corrected chi connectivity index (χ3v) is 3.35. The van der Waals surface area contributed by atoms with Crippen LogP contribution >= 0.6 is 0 Å². The average molecular weight is 343 g/mol. The highest BCUT2D eigenvalue weighted by atomic mass is 16.5. The summed E-state index contributed by atoms with van der Waals surface area (Å²) in [4.78, 5) is 23.6. The predicted octanol–water partition coefficient (Wildman–Crippen LogP) is 3.10. The number of rotatable bonds is 6. The van der Waals surface area contributed by atoms with E-state index in [1.165, 1.54) is 14.2 Å². The van der Waals surface area contributed by atoms with Crippen molar-refractivity contribution in [2.75, 3.05) is 31.4 Å². The predicted molar refractivity (Wildman–Crippen MR) is 96.6 cm³/mol. The van der Waals surface area contributed by atoms with E-state index in [4.69, 9.17) is 9.47 Å². The Balaban J connectivity index is 2.07. The van der Waals surface area contributed by atoms with Crippen molar-refractivity contribution < 1.29 is 19.1 Å². The number of urea groups is 1. The number of nitrogens with one attached hydrogen (secondary N) is 3. The molecule has 0 heterocycles. The Hall–Kier alpha value is -3.22. The molecule has 3 amide bonds. The van der Waals surface area contributed by atoms with E-state index in [0.717, 1.165) is 0 Å². The van der Waals surface area contributed by atoms with Gasteiger partial charge < -0.3 is 25.4 Å². The van der Waals surface area contributed by atoms with Gasteiger partial charge in [-0.15, -0.1) is 0 Å². The second kappa shape index (κ2) is 8.58. The van der Waals surface area contributed by atoms with Gasteiger partial charge in [-0.3, -0.25) is 4.79 Å². The van der Waals surface area contributed by atoms with Crippen molar-refractivity contribution in [3.05, 3.63) is 48.0 Å². The van der Waals surface area contributed by atoms with Gasteiger partial charge in [0.15, 0.2) is 11.5 Å². The number of carbonyl (C=O) groups excluding carboxylic acids is 2. The average Bonchev–Trinajstić information content (AvgIpc) is 2.63. The van der Waals surface area contributed by atoms with Crippen molar-refractivity contribution >= 4 is 23.3 Å². The lowest BCUT2D eigenvalue weighted by Gasteiger charge is -2.11. The zero-order valence-corrected chi connectivity index (χ0v) is 14.4. The molecule has 0 radical (unpaired) electrons. The highest BCUT2D eigenvalue weighted by molar-refractivity contribution is 6.04. The van der Waals surface area contributed by atoms with Crippen LogP contribution < -0.4 is 25.4 Å². The first kappa shape index (κ1) is 18.1. The number of ether oxygens (including phenoxy) is 2. The fourth-order valence-corrected chi connectivity index (χ4v) is 2.12. The summed E-state index contributed by atoms with van der Waals surface area (Å²) in [5, 5.41) is 7.90. The zero-order valence-electron chi connectivity index (χ0n) is 14.4. The molecule has 2 aromatic carbocycles. The summed E-state index contributed by atoms with van der Waals surface area (Å²) in [7, 11) is 3.06. The van der Waals surface area contributed by atoms with Crippen LogP contribution in [-0.2, 0) is 0 Å². The van der Waals surface area contributed by atoms with E-state index in [9.17, 15) is 9.59 Å². The number of hydrogen-bond acceptors (Lipinski definition) is 4. The lowest BCUT2D eigenvalue weighted by atomic mass is 10.1. The Morgan fingerprint density at radius 1 is 0.960 bits per heavy atom. The molecule has 0 aromatic heterocycles. The largest absolute Gasteiger partial charge is 0.493 e. The fourth-order valence-electron chi connectivity index (χ4n) is 2.12. The summed E-state index contributed by atoms with van der Waals surface area (Å²) in [5.41, 5.74) is 1.69. The monoisotopic (exact) mass is 343 g/mol. The molecule has 2 rings (SSSR count). The van der Waals surface area contributed by atoms with Gasteiger partial charge in [-0.25, -0.2) is 4.79 Å². The fraction of sp³-hybridized carbons (Fsp3) is 0.222. The third-order valence-electron chi connectivity index (χ3n) is 3.35. The van der Waals surface area contributed by atoms with Crippen LogP contribution in [0, 0.1) is 0 Å². The quantitative estimate of drug-likeness (QED) is 0.752. The van der Waals surface area contributed by atoms with Gasteiger partial charge in [-0.1, -0.05) is 0 Å². The van der Waals surface area contributed by atoms with E-state index < -0.39 is 0 Å². The van der Waals surface area contributed by atoms with Gasteiger partial charge >= 0.3 is 6.03 Å². The van der Waals surface area contributed by atoms with Crippen LogP contribution in [0.4, 0.5) is 16.2 Å². The van der Waals surface area contributed by atoms with Crippen LogP contribution in [0.3, 0.4) is 0 Å². The van der Waals surface area contributed by atoms with E-state index in [0.29, 0.717) is 35.0 Å². The minimum Gasteiger partial charge on any atom is -0.493 e. The minimum absolute atomic E-state index is 0.270. The summed E-state index contributed by atoms with van der Waals surface area (Å²) in [5.74, 6) is 0.819. The molecule has 0 aliphatic carbocycles. The maximum Gasteiger partial charge on any atom is 0.318 e. The molecular formula is C18H21N3O4. The molecule has 0 saturated heterocycles. The number of anilines is 2. The SMILES string of the molecule is CCOc1ccc(C(=O)Nc2ccc(NC(=O)NC)cc2)cc1OC. The topological polar surface area (TPSA) is 88.7 Å². The molecule has 0 fully saturated rings. The van der Waals surface area contributed by atoms with Crippen molar-refractivity contribution in [3.63, 3.8) is 0 Å². The molecule has 7 nitrogen and oxygen atoms in total. The zero-order chi connectivity index (χ0) is 18.2. The lowest BCUT2D eigenvalue weighted by Crippen LogP contribution is -2.24. The van der Waals surface area contributed by atoms with Crippen LogP contribution in [0.15, 0.2) is 42.5 Å². The molecule has 0 atom stereocenters. The normalized spacial score (nSPS) is 9.88. The standard InChI is InChI=1S/C18H21N3O4/c1-4-25-15-10-5-12(11-16(15)24-3)17(22)20-13-6-8-14(9-7-13)21-18(23)19-2/h5-11H,4H2,1-3H3,(H,20,22)(H2,19,21,23). The maximum atomic E-state index is 12.4. The molecule has 0 saturated carbocycles. The third kappa shape index (κ3) is 4.87. The molecule has 3 N–H and O–H groups in total. The Labute approximate surface area is 146 Å². The van der Waals surface area contributed by atoms with Gasteiger partial charge in [-0.2, -0.15) is 0 Å². The molecule has 25 heavy (non-hydrogen) atoms. The van der Waals surface area contributed by atoms with Crippen molar-refractivity contribution in [3.8, 4) is 11.5 Å². The summed E-state index contributed by atoms with van der Waals surface area (Å²) >= 11 is 0. The Kier molecular flexibility index (Phi) is 6.22. The van der Waals surface area contributed by atoms with E-state index in [2.05, 4.69) is 16.0 Å². The number of carbonyl (C=O) groups is 2. The van der Waals surface area contributed by atoms with Crippen LogP contribution in [-0.4, -0.2) is 32.7 Å². The molecule has 0 spiro atoms. The number of benzene rings is 2. The summed E-state index contributed by atoms with van der Waals surface area (Å²) < 4.78 is 10.7. The first-order valence-corrected chi connectivity index (χ1v) is 7.78. The van der Waals surface area contributed by atoms with Gasteiger partial charge in [0.1, 0.15) is 0 Å². The molecular weight excluding hydrogens is 322 g/mol. The van der Waals surface area contributed by atoms with Crippen LogP contribution in [0.2, 0.25) is 0 Å². The molecule has 7 heteroatoms. The molecule has 0 bridgehead atoms. The van der Waals surface area contributed by atoms with Crippen LogP contribution in [0.5, 0.6) is 11.5 Å². The minimum atomic E-state index is -0.307. The van der Waals surface area contributed by atoms with Gasteiger partial charge in [0.2, 0.25) is 0 Å². The van der Waals surface area contributed by atoms with Crippen LogP contribution in [0.1, 0.15) is 17.3 Å². The van der Waals surface area contributed by atoms with E-state index in [1.807, 2.05) is 6.92 Å². The molecule has 2 aromatic rings. The molecule has 0 unspecified atom stereocenters. The molecule has 0 aliphatic heterocycles. The summed E-state index contributed by atoms with van der Waals surface area (Å²) in [6.45, 7) is 2.39. The number of amides is 3. The van der Waals surface area contributed by atoms with Crippen molar-refractivity contribution in [2.24, 2.45) is 0 Å². The maximum absolute atomic E-state index is 12.4. The molecule has 132 valence electrons. The molecule has 0 aliphatic rings. The van der Waals surface area contributed by atoms with Gasteiger partial charge in [0.25, 0.3) is 5.91 Å². The van der Waals surface area contributed by atoms with E-state index in [-0.39, 0.29) is 11.9 Å². The van der Waals surface area contributed by atoms with Gasteiger partial charge in [-0.05, 0) is 49.4 Å². The smallest absolute Gasteiger partial charge is 0.318 e. The van der Waals surface area contributed by atoms with Crippen molar-refractivity contribution in [1.29, 1.82) is 0 Å². The van der Waals surface area contributed by atoms with E-state index in [1.54, 1.807) is 42.5 Å². The second-order valence-corrected chi connectivity index (χ2v) is 5.03. The van der Waals surface area contributed by atoms with E-state index >= 15 is 0 Å². The van der Waals surface area contributed by atoms with Crippen molar-refractivity contribution in [1.82, 2.24) is 5.32 Å². The first-order valence-electron chi connectivity index (χ1n) is 7.78. The number of hydrogen-bond donors (Lipinski definition) is 3. The highest BCUT2D eigenvalue weighted by Gasteiger charge is 2.11. The summed E-state index contributed by atoms with van der Waals surface area (Å²) in [6.07, 6.45) is 0. The van der Waals surface area contributed by atoms with Gasteiger partial charge in [0.05, 0.1) is 13.7 Å². The highest BCUT2D eigenvalue weighted by Crippen LogP contribution is 2.28.